The van der Waals surface area contributed by atoms with Crippen LogP contribution < -0.4 is 15.6 Å². The summed E-state index contributed by atoms with van der Waals surface area (Å²) in [5.74, 6) is 0.412. The van der Waals surface area contributed by atoms with Crippen LogP contribution in [0.5, 0.6) is 5.88 Å². The Hall–Kier alpha value is -2.95. The number of rotatable bonds is 10. The Morgan fingerprint density at radius 3 is 2.66 bits per heavy atom. The van der Waals surface area contributed by atoms with Crippen molar-refractivity contribution in [1.29, 1.82) is 0 Å². The molecule has 10 heteroatoms. The highest BCUT2D eigenvalue weighted by Crippen LogP contribution is 2.34. The third-order valence-corrected chi connectivity index (χ3v) is 6.67. The SMILES string of the molecule is C=C/C(=C\NNC(C)N=C(C(=C)F)N1CC2CC(C1)N2Cc1ccc(OC)nc1)N1CCOCC1. The van der Waals surface area contributed by atoms with E-state index in [9.17, 15) is 4.39 Å². The van der Waals surface area contributed by atoms with Gasteiger partial charge in [0.25, 0.3) is 0 Å². The number of hydrogen-bond acceptors (Lipinski definition) is 8. The van der Waals surface area contributed by atoms with Gasteiger partial charge in [0.05, 0.1) is 26.0 Å². The zero-order valence-electron chi connectivity index (χ0n) is 20.6. The number of nitrogens with one attached hydrogen (secondary N) is 2. The van der Waals surface area contributed by atoms with E-state index in [1.54, 1.807) is 13.2 Å². The van der Waals surface area contributed by atoms with E-state index in [2.05, 4.69) is 43.8 Å². The van der Waals surface area contributed by atoms with Crippen molar-refractivity contribution in [3.63, 3.8) is 0 Å². The van der Waals surface area contributed by atoms with Gasteiger partial charge in [0.2, 0.25) is 5.88 Å². The van der Waals surface area contributed by atoms with E-state index in [1.165, 1.54) is 0 Å². The Labute approximate surface area is 207 Å². The topological polar surface area (TPSA) is 77.5 Å². The van der Waals surface area contributed by atoms with Crippen LogP contribution in [0.25, 0.3) is 0 Å². The van der Waals surface area contributed by atoms with Gasteiger partial charge in [0.15, 0.2) is 11.7 Å². The first kappa shape index (κ1) is 25.2. The number of nitrogens with zero attached hydrogens (tertiary/aromatic N) is 5. The van der Waals surface area contributed by atoms with Crippen molar-refractivity contribution in [1.82, 2.24) is 30.5 Å². The molecule has 4 fully saturated rings. The van der Waals surface area contributed by atoms with Gasteiger partial charge in [-0.3, -0.25) is 4.90 Å². The largest absolute Gasteiger partial charge is 0.481 e. The summed E-state index contributed by atoms with van der Waals surface area (Å²) in [6, 6.07) is 4.63. The van der Waals surface area contributed by atoms with E-state index in [1.807, 2.05) is 36.4 Å². The summed E-state index contributed by atoms with van der Waals surface area (Å²) in [5, 5.41) is 0. The van der Waals surface area contributed by atoms with E-state index in [4.69, 9.17) is 9.47 Å². The average molecular weight is 486 g/mol. The number of hydrazine groups is 1. The molecule has 4 aliphatic rings. The molecule has 1 aromatic rings. The van der Waals surface area contributed by atoms with Crippen molar-refractivity contribution >= 4 is 5.84 Å². The maximum atomic E-state index is 14.4. The van der Waals surface area contributed by atoms with Gasteiger partial charge >= 0.3 is 0 Å². The van der Waals surface area contributed by atoms with Crippen LogP contribution in [0.2, 0.25) is 0 Å². The molecule has 5 heterocycles. The van der Waals surface area contributed by atoms with E-state index in [0.717, 1.165) is 50.4 Å². The smallest absolute Gasteiger partial charge is 0.212 e. The van der Waals surface area contributed by atoms with Crippen LogP contribution in [0, 0.1) is 0 Å². The van der Waals surface area contributed by atoms with Crippen molar-refractivity contribution in [2.75, 3.05) is 46.5 Å². The summed E-state index contributed by atoms with van der Waals surface area (Å²) in [6.45, 7) is 14.6. The molecule has 3 unspecified atom stereocenters. The lowest BCUT2D eigenvalue weighted by Crippen LogP contribution is -2.69. The van der Waals surface area contributed by atoms with Gasteiger partial charge in [-0.15, -0.1) is 0 Å². The van der Waals surface area contributed by atoms with E-state index >= 15 is 0 Å². The molecule has 0 aromatic carbocycles. The van der Waals surface area contributed by atoms with Crippen molar-refractivity contribution in [3.05, 3.63) is 60.9 Å². The molecule has 2 bridgehead atoms. The van der Waals surface area contributed by atoms with Crippen molar-refractivity contribution in [2.24, 2.45) is 4.99 Å². The number of piperidine rings is 1. The van der Waals surface area contributed by atoms with Crippen molar-refractivity contribution in [2.45, 2.75) is 38.1 Å². The number of allylic oxidation sites excluding steroid dienone is 1. The lowest BCUT2D eigenvalue weighted by molar-refractivity contribution is -0.0543. The molecular formula is C25H36FN7O2. The first-order valence-corrected chi connectivity index (χ1v) is 12.1. The van der Waals surface area contributed by atoms with Crippen LogP contribution in [-0.4, -0.2) is 90.3 Å². The van der Waals surface area contributed by atoms with E-state index in [0.29, 0.717) is 37.0 Å². The lowest BCUT2D eigenvalue weighted by atomic mass is 9.86. The Morgan fingerprint density at radius 1 is 1.31 bits per heavy atom. The van der Waals surface area contributed by atoms with Crippen LogP contribution in [0.4, 0.5) is 4.39 Å². The minimum atomic E-state index is -0.513. The Bertz CT molecular complexity index is 934. The van der Waals surface area contributed by atoms with Gasteiger partial charge in [0.1, 0.15) is 6.17 Å². The standard InChI is InChI=1S/C25H36FN7O2/c1-5-21(31-8-10-35-11-9-31)14-28-30-19(3)29-25(18(2)26)32-16-22-12-23(17-32)33(22)15-20-6-7-24(34-4)27-13-20/h5-7,13-14,19,22-23,28,30H,1-2,8-12,15-17H2,3-4H3/b21-14+,29-25?. The number of pyridine rings is 1. The number of halogens is 1. The average Bonchev–Trinajstić information content (AvgIpc) is 2.89. The molecule has 35 heavy (non-hydrogen) atoms. The number of aromatic nitrogens is 1. The highest BCUT2D eigenvalue weighted by atomic mass is 19.1. The predicted molar refractivity (Wildman–Crippen MR) is 134 cm³/mol. The van der Waals surface area contributed by atoms with Crippen LogP contribution in [-0.2, 0) is 11.3 Å². The van der Waals surface area contributed by atoms with E-state index in [-0.39, 0.29) is 6.17 Å². The normalized spacial score (nSPS) is 24.0. The van der Waals surface area contributed by atoms with Gasteiger partial charge < -0.3 is 24.7 Å². The maximum Gasteiger partial charge on any atom is 0.212 e. The Morgan fingerprint density at radius 2 is 2.06 bits per heavy atom. The number of hydrogen-bond donors (Lipinski definition) is 2. The van der Waals surface area contributed by atoms with Gasteiger partial charge in [0, 0.05) is 63.3 Å². The third-order valence-electron chi connectivity index (χ3n) is 6.67. The van der Waals surface area contributed by atoms with Crippen molar-refractivity contribution in [3.8, 4) is 5.88 Å². The molecule has 5 rings (SSSR count). The minimum absolute atomic E-state index is 0.313. The summed E-state index contributed by atoms with van der Waals surface area (Å²) < 4.78 is 25.0. The monoisotopic (exact) mass is 485 g/mol. The number of aliphatic imine (C=N–C) groups is 1. The molecule has 0 spiro atoms. The molecule has 4 aliphatic heterocycles. The number of amidine groups is 1. The van der Waals surface area contributed by atoms with Crippen LogP contribution in [0.15, 0.2) is 60.3 Å². The van der Waals surface area contributed by atoms with Crippen LogP contribution in [0.1, 0.15) is 18.9 Å². The number of morpholine rings is 1. The van der Waals surface area contributed by atoms with Crippen LogP contribution in [0.3, 0.4) is 0 Å². The fraction of sp³-hybridized carbons (Fsp3) is 0.520. The number of methoxy groups -OCH3 is 1. The lowest BCUT2D eigenvalue weighted by Gasteiger charge is -2.57. The Balaban J connectivity index is 1.31. The quantitative estimate of drug-likeness (QED) is 0.226. The van der Waals surface area contributed by atoms with Crippen molar-refractivity contribution < 1.29 is 13.9 Å². The molecule has 1 aromatic heterocycles. The number of ether oxygens (including phenoxy) is 2. The van der Waals surface area contributed by atoms with Gasteiger partial charge in [-0.05, 0) is 25.0 Å². The highest BCUT2D eigenvalue weighted by Gasteiger charge is 2.45. The molecule has 0 saturated carbocycles. The second kappa shape index (κ2) is 11.7. The zero-order valence-corrected chi connectivity index (χ0v) is 20.6. The molecule has 4 saturated heterocycles. The number of piperazine rings is 1. The van der Waals surface area contributed by atoms with Gasteiger partial charge in [-0.1, -0.05) is 19.2 Å². The summed E-state index contributed by atoms with van der Waals surface area (Å²) >= 11 is 0. The molecular weight excluding hydrogens is 449 g/mol. The molecule has 2 N–H and O–H groups in total. The van der Waals surface area contributed by atoms with Crippen LogP contribution >= 0.6 is 0 Å². The maximum absolute atomic E-state index is 14.4. The fourth-order valence-electron chi connectivity index (χ4n) is 4.83. The second-order valence-corrected chi connectivity index (χ2v) is 9.02. The summed E-state index contributed by atoms with van der Waals surface area (Å²) in [7, 11) is 1.61. The highest BCUT2D eigenvalue weighted by molar-refractivity contribution is 5.96. The van der Waals surface area contributed by atoms with Gasteiger partial charge in [-0.25, -0.2) is 19.8 Å². The molecule has 0 amide bonds. The first-order valence-electron chi connectivity index (χ1n) is 12.1. The predicted octanol–water partition coefficient (Wildman–Crippen LogP) is 2.03. The summed E-state index contributed by atoms with van der Waals surface area (Å²) in [5.41, 5.74) is 8.29. The van der Waals surface area contributed by atoms with Gasteiger partial charge in [-0.2, -0.15) is 0 Å². The number of fused-ring (bicyclic) bond motifs is 2. The molecule has 0 radical (unpaired) electrons. The second-order valence-electron chi connectivity index (χ2n) is 9.02. The van der Waals surface area contributed by atoms with E-state index < -0.39 is 5.83 Å². The molecule has 9 nitrogen and oxygen atoms in total. The molecule has 3 atom stereocenters. The first-order chi connectivity index (χ1) is 17.0. The fourth-order valence-corrected chi connectivity index (χ4v) is 4.83. The summed E-state index contributed by atoms with van der Waals surface area (Å²) in [6.07, 6.45) is 6.25. The molecule has 0 aliphatic carbocycles. The Kier molecular flexibility index (Phi) is 8.37. The minimum Gasteiger partial charge on any atom is -0.481 e. The molecule has 190 valence electrons. The third kappa shape index (κ3) is 6.19. The summed E-state index contributed by atoms with van der Waals surface area (Å²) in [4.78, 5) is 15.5. The zero-order chi connectivity index (χ0) is 24.8.